The lowest BCUT2D eigenvalue weighted by Crippen LogP contribution is -2.06. The Balaban J connectivity index is 1.99. The van der Waals surface area contributed by atoms with Crippen LogP contribution >= 0.6 is 0 Å². The molecule has 0 aliphatic rings. The van der Waals surface area contributed by atoms with E-state index < -0.39 is 15.5 Å². The number of non-ortho nitro benzene ring substituents is 1. The molecule has 0 unspecified atom stereocenters. The molecule has 2 N–H and O–H groups in total. The Labute approximate surface area is 152 Å². The van der Waals surface area contributed by atoms with Crippen LogP contribution in [0.4, 0.5) is 34.5 Å². The fraction of sp³-hybridized carbons (Fsp3) is 0.0625. The lowest BCUT2D eigenvalue weighted by Gasteiger charge is -2.10. The zero-order chi connectivity index (χ0) is 19.4. The predicted octanol–water partition coefficient (Wildman–Crippen LogP) is 3.48. The number of benzene rings is 1. The molecule has 27 heavy (non-hydrogen) atoms. The van der Waals surface area contributed by atoms with Gasteiger partial charge in [0, 0.05) is 24.0 Å². The first-order valence-corrected chi connectivity index (χ1v) is 7.65. The van der Waals surface area contributed by atoms with Crippen LogP contribution in [0.5, 0.6) is 0 Å². The van der Waals surface area contributed by atoms with Crippen molar-refractivity contribution >= 4 is 34.5 Å². The van der Waals surface area contributed by atoms with Gasteiger partial charge in [-0.2, -0.15) is 0 Å². The van der Waals surface area contributed by atoms with Crippen molar-refractivity contribution in [1.82, 2.24) is 15.0 Å². The first-order valence-electron chi connectivity index (χ1n) is 7.65. The molecule has 2 aromatic heterocycles. The summed E-state index contributed by atoms with van der Waals surface area (Å²) < 4.78 is 0. The maximum Gasteiger partial charge on any atom is 0.353 e. The summed E-state index contributed by atoms with van der Waals surface area (Å²) in [5.74, 6) is 0.261. The van der Waals surface area contributed by atoms with Crippen molar-refractivity contribution in [3.8, 4) is 0 Å². The number of nitro benzene ring substituents is 1. The summed E-state index contributed by atoms with van der Waals surface area (Å²) in [6, 6.07) is 9.10. The van der Waals surface area contributed by atoms with E-state index in [4.69, 9.17) is 0 Å². The van der Waals surface area contributed by atoms with Gasteiger partial charge in [-0.3, -0.25) is 20.2 Å². The van der Waals surface area contributed by atoms with Gasteiger partial charge in [0.15, 0.2) is 0 Å². The molecule has 136 valence electrons. The fourth-order valence-electron chi connectivity index (χ4n) is 2.30. The van der Waals surface area contributed by atoms with E-state index in [0.29, 0.717) is 5.82 Å². The summed E-state index contributed by atoms with van der Waals surface area (Å²) in [6.07, 6.45) is 2.69. The van der Waals surface area contributed by atoms with E-state index in [1.54, 1.807) is 25.3 Å². The highest BCUT2D eigenvalue weighted by Crippen LogP contribution is 2.33. The van der Waals surface area contributed by atoms with Crippen molar-refractivity contribution in [2.24, 2.45) is 0 Å². The van der Waals surface area contributed by atoms with Gasteiger partial charge in [-0.25, -0.2) is 15.0 Å². The lowest BCUT2D eigenvalue weighted by atomic mass is 10.2. The number of pyridine rings is 1. The Morgan fingerprint density at radius 3 is 2.30 bits per heavy atom. The normalized spacial score (nSPS) is 10.3. The second-order valence-electron chi connectivity index (χ2n) is 5.40. The van der Waals surface area contributed by atoms with E-state index in [-0.39, 0.29) is 23.0 Å². The average molecular weight is 367 g/mol. The molecule has 0 amide bonds. The van der Waals surface area contributed by atoms with Gasteiger partial charge in [0.2, 0.25) is 11.6 Å². The van der Waals surface area contributed by atoms with Gasteiger partial charge in [-0.15, -0.1) is 0 Å². The van der Waals surface area contributed by atoms with Crippen LogP contribution in [0.3, 0.4) is 0 Å². The highest BCUT2D eigenvalue weighted by molar-refractivity contribution is 5.76. The van der Waals surface area contributed by atoms with Crippen molar-refractivity contribution in [3.05, 3.63) is 74.7 Å². The molecule has 0 radical (unpaired) electrons. The van der Waals surface area contributed by atoms with Crippen LogP contribution in [-0.2, 0) is 0 Å². The molecule has 2 heterocycles. The highest BCUT2D eigenvalue weighted by Gasteiger charge is 2.24. The Morgan fingerprint density at radius 2 is 1.63 bits per heavy atom. The number of hydrogen-bond donors (Lipinski definition) is 2. The second-order valence-corrected chi connectivity index (χ2v) is 5.40. The van der Waals surface area contributed by atoms with E-state index in [2.05, 4.69) is 25.6 Å². The number of aryl methyl sites for hydroxylation is 1. The van der Waals surface area contributed by atoms with Gasteiger partial charge in [0.25, 0.3) is 5.69 Å². The van der Waals surface area contributed by atoms with Crippen LogP contribution in [0.15, 0.2) is 48.9 Å². The van der Waals surface area contributed by atoms with E-state index in [1.165, 1.54) is 24.3 Å². The van der Waals surface area contributed by atoms with Crippen LogP contribution in [0.1, 0.15) is 5.56 Å². The number of anilines is 4. The minimum atomic E-state index is -0.639. The Kier molecular flexibility index (Phi) is 4.84. The molecule has 0 saturated heterocycles. The molecule has 0 spiro atoms. The van der Waals surface area contributed by atoms with Crippen LogP contribution in [0.2, 0.25) is 0 Å². The quantitative estimate of drug-likeness (QED) is 0.493. The largest absolute Gasteiger partial charge is 0.353 e. The monoisotopic (exact) mass is 367 g/mol. The Bertz CT molecular complexity index is 1030. The van der Waals surface area contributed by atoms with Crippen molar-refractivity contribution in [2.75, 3.05) is 10.6 Å². The zero-order valence-corrected chi connectivity index (χ0v) is 14.0. The van der Waals surface area contributed by atoms with Crippen LogP contribution < -0.4 is 10.6 Å². The molecular formula is C16H13N7O4. The van der Waals surface area contributed by atoms with E-state index in [1.807, 2.05) is 0 Å². The van der Waals surface area contributed by atoms with Gasteiger partial charge in [0.1, 0.15) is 12.1 Å². The first-order chi connectivity index (χ1) is 13.0. The molecular weight excluding hydrogens is 354 g/mol. The minimum absolute atomic E-state index is 0.0512. The predicted molar refractivity (Wildman–Crippen MR) is 97.3 cm³/mol. The summed E-state index contributed by atoms with van der Waals surface area (Å²) in [6.45, 7) is 1.80. The standard InChI is InChI=1S/C16H13N7O4/c1-10-4-3-7-17-14(10)21-16-13(23(26)27)15(18-9-19-16)20-11-5-2-6-12(8-11)22(24)25/h2-9H,1H3,(H2,17,18,19,20,21). The Hall–Kier alpha value is -4.15. The van der Waals surface area contributed by atoms with Crippen molar-refractivity contribution in [3.63, 3.8) is 0 Å². The maximum atomic E-state index is 11.6. The molecule has 0 aliphatic carbocycles. The highest BCUT2D eigenvalue weighted by atomic mass is 16.6. The number of rotatable bonds is 6. The number of nitro groups is 2. The van der Waals surface area contributed by atoms with Crippen LogP contribution in [-0.4, -0.2) is 24.8 Å². The molecule has 0 fully saturated rings. The molecule has 3 aromatic rings. The minimum Gasteiger partial charge on any atom is -0.334 e. The van der Waals surface area contributed by atoms with E-state index >= 15 is 0 Å². The van der Waals surface area contributed by atoms with Gasteiger partial charge in [0.05, 0.1) is 9.85 Å². The first kappa shape index (κ1) is 17.7. The van der Waals surface area contributed by atoms with Gasteiger partial charge in [-0.1, -0.05) is 12.1 Å². The number of nitrogens with zero attached hydrogens (tertiary/aromatic N) is 5. The van der Waals surface area contributed by atoms with Gasteiger partial charge >= 0.3 is 5.69 Å². The van der Waals surface area contributed by atoms with Crippen molar-refractivity contribution in [2.45, 2.75) is 6.92 Å². The molecule has 0 saturated carbocycles. The molecule has 3 rings (SSSR count). The summed E-state index contributed by atoms with van der Waals surface area (Å²) in [7, 11) is 0. The maximum absolute atomic E-state index is 11.6. The molecule has 0 aliphatic heterocycles. The molecule has 1 aromatic carbocycles. The number of hydrogen-bond acceptors (Lipinski definition) is 9. The number of nitrogens with one attached hydrogen (secondary N) is 2. The third-order valence-corrected chi connectivity index (χ3v) is 3.57. The van der Waals surface area contributed by atoms with Crippen molar-refractivity contribution < 1.29 is 9.85 Å². The fourth-order valence-corrected chi connectivity index (χ4v) is 2.30. The third kappa shape index (κ3) is 3.92. The smallest absolute Gasteiger partial charge is 0.334 e. The van der Waals surface area contributed by atoms with Crippen molar-refractivity contribution in [1.29, 1.82) is 0 Å². The lowest BCUT2D eigenvalue weighted by molar-refractivity contribution is -0.384. The Morgan fingerprint density at radius 1 is 0.889 bits per heavy atom. The summed E-state index contributed by atoms with van der Waals surface area (Å²) in [4.78, 5) is 33.3. The average Bonchev–Trinajstić information content (AvgIpc) is 2.64. The molecule has 0 atom stereocenters. The van der Waals surface area contributed by atoms with Gasteiger partial charge < -0.3 is 10.6 Å². The SMILES string of the molecule is Cc1cccnc1Nc1ncnc(Nc2cccc([N+](=O)[O-])c2)c1[N+](=O)[O-]. The molecule has 11 nitrogen and oxygen atoms in total. The summed E-state index contributed by atoms with van der Waals surface area (Å²) in [5.41, 5.74) is 0.498. The third-order valence-electron chi connectivity index (χ3n) is 3.57. The molecule has 11 heteroatoms. The summed E-state index contributed by atoms with van der Waals surface area (Å²) in [5, 5.41) is 28.1. The molecule has 0 bridgehead atoms. The topological polar surface area (TPSA) is 149 Å². The zero-order valence-electron chi connectivity index (χ0n) is 14.0. The van der Waals surface area contributed by atoms with Crippen LogP contribution in [0.25, 0.3) is 0 Å². The van der Waals surface area contributed by atoms with E-state index in [0.717, 1.165) is 11.9 Å². The number of aromatic nitrogens is 3. The van der Waals surface area contributed by atoms with E-state index in [9.17, 15) is 20.2 Å². The second kappa shape index (κ2) is 7.39. The van der Waals surface area contributed by atoms with Crippen LogP contribution in [0, 0.1) is 27.2 Å². The van der Waals surface area contributed by atoms with Gasteiger partial charge in [-0.05, 0) is 24.6 Å². The summed E-state index contributed by atoms with van der Waals surface area (Å²) >= 11 is 0.